The first-order chi connectivity index (χ1) is 12.2. The highest BCUT2D eigenvalue weighted by Crippen LogP contribution is 2.38. The van der Waals surface area contributed by atoms with Crippen LogP contribution in [0.5, 0.6) is 0 Å². The SMILES string of the molecule is CCCCCCOC(=O)C1(C(=O)OCCCCCC)CCCCCC1. The molecule has 0 aromatic rings. The van der Waals surface area contributed by atoms with Crippen molar-refractivity contribution in [2.75, 3.05) is 13.2 Å². The summed E-state index contributed by atoms with van der Waals surface area (Å²) >= 11 is 0. The topological polar surface area (TPSA) is 52.6 Å². The van der Waals surface area contributed by atoms with Crippen LogP contribution >= 0.6 is 0 Å². The zero-order valence-electron chi connectivity index (χ0n) is 16.4. The standard InChI is InChI=1S/C21H38O4/c1-3-5-7-13-17-24-19(22)21(15-11-9-10-12-16-21)20(23)25-18-14-8-6-4-2/h3-18H2,1-2H3. The molecule has 0 N–H and O–H groups in total. The third-order valence-electron chi connectivity index (χ3n) is 5.20. The van der Waals surface area contributed by atoms with Gasteiger partial charge in [-0.2, -0.15) is 0 Å². The quantitative estimate of drug-likeness (QED) is 0.199. The van der Waals surface area contributed by atoms with Gasteiger partial charge < -0.3 is 9.47 Å². The van der Waals surface area contributed by atoms with Crippen LogP contribution in [0.3, 0.4) is 0 Å². The number of carbonyl (C=O) groups excluding carboxylic acids is 2. The molecule has 0 amide bonds. The third kappa shape index (κ3) is 7.79. The summed E-state index contributed by atoms with van der Waals surface area (Å²) in [6.45, 7) is 5.15. The lowest BCUT2D eigenvalue weighted by atomic mass is 9.80. The molecule has 1 aliphatic carbocycles. The Morgan fingerprint density at radius 3 is 1.52 bits per heavy atom. The second kappa shape index (κ2) is 13.2. The van der Waals surface area contributed by atoms with E-state index in [1.807, 2.05) is 0 Å². The Bertz CT molecular complexity index is 342. The van der Waals surface area contributed by atoms with E-state index in [-0.39, 0.29) is 11.9 Å². The Morgan fingerprint density at radius 2 is 1.12 bits per heavy atom. The van der Waals surface area contributed by atoms with Crippen LogP contribution in [0.4, 0.5) is 0 Å². The molecule has 4 nitrogen and oxygen atoms in total. The molecule has 1 fully saturated rings. The van der Waals surface area contributed by atoms with Crippen LogP contribution in [0.2, 0.25) is 0 Å². The van der Waals surface area contributed by atoms with E-state index < -0.39 is 5.41 Å². The van der Waals surface area contributed by atoms with Gasteiger partial charge in [-0.25, -0.2) is 0 Å². The number of esters is 2. The van der Waals surface area contributed by atoms with Gasteiger partial charge in [-0.05, 0) is 25.7 Å². The summed E-state index contributed by atoms with van der Waals surface area (Å²) in [6.07, 6.45) is 13.6. The van der Waals surface area contributed by atoms with Crippen molar-refractivity contribution in [3.8, 4) is 0 Å². The molecule has 0 aliphatic heterocycles. The van der Waals surface area contributed by atoms with Crippen molar-refractivity contribution in [3.05, 3.63) is 0 Å². The second-order valence-electron chi connectivity index (χ2n) is 7.39. The average Bonchev–Trinajstić information content (AvgIpc) is 2.88. The third-order valence-corrected chi connectivity index (χ3v) is 5.20. The van der Waals surface area contributed by atoms with Gasteiger partial charge in [0, 0.05) is 0 Å². The molecule has 0 saturated heterocycles. The number of hydrogen-bond acceptors (Lipinski definition) is 4. The minimum absolute atomic E-state index is 0.343. The van der Waals surface area contributed by atoms with Crippen molar-refractivity contribution < 1.29 is 19.1 Å². The van der Waals surface area contributed by atoms with Crippen LogP contribution in [-0.4, -0.2) is 25.2 Å². The molecule has 0 aromatic heterocycles. The van der Waals surface area contributed by atoms with Crippen molar-refractivity contribution in [1.82, 2.24) is 0 Å². The fraction of sp³-hybridized carbons (Fsp3) is 0.905. The van der Waals surface area contributed by atoms with E-state index in [0.717, 1.165) is 77.0 Å². The molecule has 1 aliphatic rings. The van der Waals surface area contributed by atoms with E-state index in [4.69, 9.17) is 9.47 Å². The fourth-order valence-corrected chi connectivity index (χ4v) is 3.49. The summed E-state index contributed by atoms with van der Waals surface area (Å²) in [7, 11) is 0. The second-order valence-corrected chi connectivity index (χ2v) is 7.39. The van der Waals surface area contributed by atoms with E-state index in [1.165, 1.54) is 0 Å². The smallest absolute Gasteiger partial charge is 0.323 e. The zero-order chi connectivity index (χ0) is 18.4. The molecule has 0 heterocycles. The first-order valence-corrected chi connectivity index (χ1v) is 10.5. The summed E-state index contributed by atoms with van der Waals surface area (Å²) in [4.78, 5) is 25.5. The van der Waals surface area contributed by atoms with Gasteiger partial charge in [0.05, 0.1) is 13.2 Å². The number of carbonyl (C=O) groups is 2. The molecule has 0 atom stereocenters. The number of rotatable bonds is 12. The largest absolute Gasteiger partial charge is 0.465 e. The Morgan fingerprint density at radius 1 is 0.680 bits per heavy atom. The van der Waals surface area contributed by atoms with Crippen molar-refractivity contribution in [2.45, 2.75) is 104 Å². The van der Waals surface area contributed by atoms with Crippen LogP contribution in [0.15, 0.2) is 0 Å². The fourth-order valence-electron chi connectivity index (χ4n) is 3.49. The Hall–Kier alpha value is -1.06. The average molecular weight is 355 g/mol. The molecular formula is C21H38O4. The van der Waals surface area contributed by atoms with Gasteiger partial charge in [0.2, 0.25) is 0 Å². The summed E-state index contributed by atoms with van der Waals surface area (Å²) < 4.78 is 11.0. The van der Waals surface area contributed by atoms with Gasteiger partial charge in [-0.1, -0.05) is 78.1 Å². The highest BCUT2D eigenvalue weighted by Gasteiger charge is 2.48. The Labute approximate surface area is 154 Å². The van der Waals surface area contributed by atoms with Crippen molar-refractivity contribution in [1.29, 1.82) is 0 Å². The van der Waals surface area contributed by atoms with E-state index in [0.29, 0.717) is 26.1 Å². The highest BCUT2D eigenvalue weighted by atomic mass is 16.6. The van der Waals surface area contributed by atoms with Crippen LogP contribution in [0.25, 0.3) is 0 Å². The molecule has 4 heteroatoms. The van der Waals surface area contributed by atoms with Gasteiger partial charge in [0.15, 0.2) is 5.41 Å². The predicted octanol–water partition coefficient (Wildman–Crippen LogP) is 5.57. The zero-order valence-corrected chi connectivity index (χ0v) is 16.4. The maximum atomic E-state index is 12.8. The molecule has 1 saturated carbocycles. The maximum Gasteiger partial charge on any atom is 0.323 e. The summed E-state index contributed by atoms with van der Waals surface area (Å²) in [6, 6.07) is 0. The maximum absolute atomic E-state index is 12.8. The molecule has 1 rings (SSSR count). The van der Waals surface area contributed by atoms with Gasteiger partial charge in [-0.3, -0.25) is 9.59 Å². The molecule has 0 radical (unpaired) electrons. The Balaban J connectivity index is 2.56. The van der Waals surface area contributed by atoms with E-state index >= 15 is 0 Å². The Kier molecular flexibility index (Phi) is 11.6. The van der Waals surface area contributed by atoms with Crippen LogP contribution in [-0.2, 0) is 19.1 Å². The van der Waals surface area contributed by atoms with Gasteiger partial charge in [0.25, 0.3) is 0 Å². The van der Waals surface area contributed by atoms with Crippen molar-refractivity contribution in [3.63, 3.8) is 0 Å². The van der Waals surface area contributed by atoms with Crippen LogP contribution in [0, 0.1) is 5.41 Å². The lowest BCUT2D eigenvalue weighted by molar-refractivity contribution is -0.174. The van der Waals surface area contributed by atoms with Crippen LogP contribution < -0.4 is 0 Å². The van der Waals surface area contributed by atoms with E-state index in [9.17, 15) is 9.59 Å². The molecular weight excluding hydrogens is 316 g/mol. The minimum Gasteiger partial charge on any atom is -0.465 e. The summed E-state index contributed by atoms with van der Waals surface area (Å²) in [5, 5.41) is 0. The van der Waals surface area contributed by atoms with Gasteiger partial charge >= 0.3 is 11.9 Å². The predicted molar refractivity (Wildman–Crippen MR) is 100 cm³/mol. The van der Waals surface area contributed by atoms with Crippen molar-refractivity contribution >= 4 is 11.9 Å². The van der Waals surface area contributed by atoms with E-state index in [1.54, 1.807) is 0 Å². The normalized spacial score (nSPS) is 16.9. The highest BCUT2D eigenvalue weighted by molar-refractivity contribution is 6.00. The number of hydrogen-bond donors (Lipinski definition) is 0. The van der Waals surface area contributed by atoms with Gasteiger partial charge in [0.1, 0.15) is 0 Å². The van der Waals surface area contributed by atoms with Gasteiger partial charge in [-0.15, -0.1) is 0 Å². The van der Waals surface area contributed by atoms with Crippen LogP contribution in [0.1, 0.15) is 104 Å². The van der Waals surface area contributed by atoms with Crippen molar-refractivity contribution in [2.24, 2.45) is 5.41 Å². The molecule has 0 aromatic carbocycles. The molecule has 25 heavy (non-hydrogen) atoms. The summed E-state index contributed by atoms with van der Waals surface area (Å²) in [5.41, 5.74) is -1.05. The molecule has 0 spiro atoms. The molecule has 0 unspecified atom stereocenters. The lowest BCUT2D eigenvalue weighted by Gasteiger charge is -2.28. The minimum atomic E-state index is -1.05. The monoisotopic (exact) mass is 354 g/mol. The first-order valence-electron chi connectivity index (χ1n) is 10.5. The number of unbranched alkanes of at least 4 members (excludes halogenated alkanes) is 6. The molecule has 146 valence electrons. The molecule has 0 bridgehead atoms. The lowest BCUT2D eigenvalue weighted by Crippen LogP contribution is -2.42. The first kappa shape index (κ1) is 22.0. The van der Waals surface area contributed by atoms with E-state index in [2.05, 4.69) is 13.8 Å². The summed E-state index contributed by atoms with van der Waals surface area (Å²) in [5.74, 6) is -0.686. The number of ether oxygens (including phenoxy) is 2.